The van der Waals surface area contributed by atoms with E-state index in [2.05, 4.69) is 27.9 Å². The topological polar surface area (TPSA) is 47.0 Å². The Balaban J connectivity index is 1.73. The molecule has 0 saturated carbocycles. The number of rotatable bonds is 6. The highest BCUT2D eigenvalue weighted by Crippen LogP contribution is 2.29. The van der Waals surface area contributed by atoms with Crippen LogP contribution in [0.4, 0.5) is 0 Å². The van der Waals surface area contributed by atoms with E-state index < -0.39 is 0 Å². The molecule has 1 atom stereocenters. The summed E-state index contributed by atoms with van der Waals surface area (Å²) in [5, 5.41) is 7.42. The molecule has 1 aromatic heterocycles. The minimum atomic E-state index is 0.0904. The van der Waals surface area contributed by atoms with Gasteiger partial charge in [-0.3, -0.25) is 0 Å². The van der Waals surface area contributed by atoms with E-state index in [0.29, 0.717) is 10.9 Å². The Morgan fingerprint density at radius 3 is 2.61 bits per heavy atom. The molecule has 6 heteroatoms. The van der Waals surface area contributed by atoms with Crippen LogP contribution in [0.2, 0.25) is 4.34 Å². The van der Waals surface area contributed by atoms with Crippen LogP contribution in [0, 0.1) is 0 Å². The number of halogens is 1. The van der Waals surface area contributed by atoms with Gasteiger partial charge < -0.3 is 10.1 Å². The molecule has 1 N–H and O–H groups in total. The molecule has 23 heavy (non-hydrogen) atoms. The van der Waals surface area contributed by atoms with Gasteiger partial charge in [0.2, 0.25) is 0 Å². The molecule has 0 aliphatic heterocycles. The summed E-state index contributed by atoms with van der Waals surface area (Å²) in [6.07, 6.45) is 0. The van der Waals surface area contributed by atoms with Crippen LogP contribution in [-0.2, 0) is 6.54 Å². The van der Waals surface area contributed by atoms with Gasteiger partial charge in [-0.15, -0.1) is 5.10 Å². The standard InChI is InChI=1S/C17H16ClN3OS/c1-12(19-11-15-17(18)23-21-20-15)14-9-5-6-10-16(14)22-13-7-3-2-4-8-13/h2-10,12,19H,11H2,1H3. The summed E-state index contributed by atoms with van der Waals surface area (Å²) in [5.41, 5.74) is 1.85. The maximum atomic E-state index is 6.04. The van der Waals surface area contributed by atoms with E-state index in [9.17, 15) is 0 Å². The van der Waals surface area contributed by atoms with Crippen molar-refractivity contribution >= 4 is 23.1 Å². The van der Waals surface area contributed by atoms with Crippen molar-refractivity contribution in [1.29, 1.82) is 0 Å². The van der Waals surface area contributed by atoms with Crippen molar-refractivity contribution in [2.75, 3.05) is 0 Å². The molecule has 1 unspecified atom stereocenters. The van der Waals surface area contributed by atoms with Gasteiger partial charge in [0.25, 0.3) is 0 Å². The maximum absolute atomic E-state index is 6.04. The molecule has 0 spiro atoms. The van der Waals surface area contributed by atoms with Gasteiger partial charge in [-0.2, -0.15) is 0 Å². The highest BCUT2D eigenvalue weighted by molar-refractivity contribution is 7.10. The summed E-state index contributed by atoms with van der Waals surface area (Å²) in [6.45, 7) is 2.65. The van der Waals surface area contributed by atoms with Gasteiger partial charge in [0.1, 0.15) is 21.5 Å². The van der Waals surface area contributed by atoms with Crippen LogP contribution in [-0.4, -0.2) is 9.59 Å². The van der Waals surface area contributed by atoms with E-state index in [-0.39, 0.29) is 6.04 Å². The number of nitrogens with one attached hydrogen (secondary N) is 1. The van der Waals surface area contributed by atoms with E-state index in [4.69, 9.17) is 16.3 Å². The molecule has 0 saturated heterocycles. The highest BCUT2D eigenvalue weighted by Gasteiger charge is 2.13. The van der Waals surface area contributed by atoms with Crippen molar-refractivity contribution in [2.45, 2.75) is 19.5 Å². The Morgan fingerprint density at radius 2 is 1.87 bits per heavy atom. The minimum Gasteiger partial charge on any atom is -0.457 e. The summed E-state index contributed by atoms with van der Waals surface area (Å²) < 4.78 is 10.5. The second-order valence-electron chi connectivity index (χ2n) is 5.05. The smallest absolute Gasteiger partial charge is 0.138 e. The Hall–Kier alpha value is -1.95. The molecule has 0 aliphatic carbocycles. The maximum Gasteiger partial charge on any atom is 0.138 e. The van der Waals surface area contributed by atoms with Gasteiger partial charge in [0.15, 0.2) is 0 Å². The Labute approximate surface area is 144 Å². The zero-order chi connectivity index (χ0) is 16.1. The molecule has 0 bridgehead atoms. The molecule has 3 aromatic rings. The normalized spacial score (nSPS) is 12.1. The van der Waals surface area contributed by atoms with Crippen LogP contribution in [0.3, 0.4) is 0 Å². The second kappa shape index (κ2) is 7.55. The second-order valence-corrected chi connectivity index (χ2v) is 6.41. The number of ether oxygens (including phenoxy) is 1. The molecule has 2 aromatic carbocycles. The van der Waals surface area contributed by atoms with Crippen LogP contribution < -0.4 is 10.1 Å². The van der Waals surface area contributed by atoms with Crippen LogP contribution in [0.5, 0.6) is 11.5 Å². The van der Waals surface area contributed by atoms with Crippen molar-refractivity contribution in [3.63, 3.8) is 0 Å². The van der Waals surface area contributed by atoms with E-state index in [0.717, 1.165) is 22.8 Å². The first-order valence-electron chi connectivity index (χ1n) is 7.26. The van der Waals surface area contributed by atoms with Crippen molar-refractivity contribution in [3.8, 4) is 11.5 Å². The third-order valence-corrected chi connectivity index (χ3v) is 4.43. The van der Waals surface area contributed by atoms with Gasteiger partial charge in [0.05, 0.1) is 0 Å². The molecular formula is C17H16ClN3OS. The number of aromatic nitrogens is 2. The van der Waals surface area contributed by atoms with Gasteiger partial charge >= 0.3 is 0 Å². The summed E-state index contributed by atoms with van der Waals surface area (Å²) in [4.78, 5) is 0. The third-order valence-electron chi connectivity index (χ3n) is 3.44. The summed E-state index contributed by atoms with van der Waals surface area (Å²) in [6, 6.07) is 17.8. The fourth-order valence-electron chi connectivity index (χ4n) is 2.21. The summed E-state index contributed by atoms with van der Waals surface area (Å²) >= 11 is 7.23. The van der Waals surface area contributed by atoms with Crippen molar-refractivity contribution in [1.82, 2.24) is 14.9 Å². The zero-order valence-corrected chi connectivity index (χ0v) is 14.1. The van der Waals surface area contributed by atoms with Gasteiger partial charge in [-0.05, 0) is 25.1 Å². The van der Waals surface area contributed by atoms with E-state index in [1.807, 2.05) is 48.5 Å². The lowest BCUT2D eigenvalue weighted by Crippen LogP contribution is -2.19. The molecule has 0 amide bonds. The van der Waals surface area contributed by atoms with Gasteiger partial charge in [-0.1, -0.05) is 52.5 Å². The fraction of sp³-hybridized carbons (Fsp3) is 0.176. The lowest BCUT2D eigenvalue weighted by Gasteiger charge is -2.17. The first-order valence-corrected chi connectivity index (χ1v) is 8.41. The molecule has 4 nitrogen and oxygen atoms in total. The molecule has 118 valence electrons. The number of nitrogens with zero attached hydrogens (tertiary/aromatic N) is 2. The number of hydrogen-bond acceptors (Lipinski definition) is 5. The predicted molar refractivity (Wildman–Crippen MR) is 93.1 cm³/mol. The lowest BCUT2D eigenvalue weighted by molar-refractivity contribution is 0.460. The quantitative estimate of drug-likeness (QED) is 0.694. The largest absolute Gasteiger partial charge is 0.457 e. The Morgan fingerprint density at radius 1 is 1.13 bits per heavy atom. The highest BCUT2D eigenvalue weighted by atomic mass is 35.5. The summed E-state index contributed by atoms with van der Waals surface area (Å²) in [5.74, 6) is 1.65. The monoisotopic (exact) mass is 345 g/mol. The molecular weight excluding hydrogens is 330 g/mol. The molecule has 3 rings (SSSR count). The van der Waals surface area contributed by atoms with Crippen molar-refractivity contribution < 1.29 is 4.74 Å². The third kappa shape index (κ3) is 4.07. The van der Waals surface area contributed by atoms with Gasteiger partial charge in [0, 0.05) is 29.7 Å². The average molecular weight is 346 g/mol. The Bertz CT molecular complexity index is 763. The van der Waals surface area contributed by atoms with Crippen LogP contribution in [0.25, 0.3) is 0 Å². The molecule has 1 heterocycles. The van der Waals surface area contributed by atoms with Crippen molar-refractivity contribution in [3.05, 3.63) is 70.2 Å². The average Bonchev–Trinajstić information content (AvgIpc) is 2.99. The lowest BCUT2D eigenvalue weighted by atomic mass is 10.1. The predicted octanol–water partition coefficient (Wildman–Crippen LogP) is 4.83. The SMILES string of the molecule is CC(NCc1nnsc1Cl)c1ccccc1Oc1ccccc1. The van der Waals surface area contributed by atoms with E-state index >= 15 is 0 Å². The zero-order valence-electron chi connectivity index (χ0n) is 12.6. The van der Waals surface area contributed by atoms with Crippen molar-refractivity contribution in [2.24, 2.45) is 0 Å². The number of para-hydroxylation sites is 2. The minimum absolute atomic E-state index is 0.0904. The first kappa shape index (κ1) is 15.9. The van der Waals surface area contributed by atoms with Gasteiger partial charge in [-0.25, -0.2) is 0 Å². The first-order chi connectivity index (χ1) is 11.2. The molecule has 0 radical (unpaired) electrons. The van der Waals surface area contributed by atoms with Crippen LogP contribution >= 0.6 is 23.1 Å². The molecule has 0 aliphatic rings. The molecule has 0 fully saturated rings. The van der Waals surface area contributed by atoms with Crippen LogP contribution in [0.15, 0.2) is 54.6 Å². The van der Waals surface area contributed by atoms with E-state index in [1.54, 1.807) is 0 Å². The Kier molecular flexibility index (Phi) is 5.23. The number of benzene rings is 2. The fourth-order valence-corrected chi connectivity index (χ4v) is 2.84. The van der Waals surface area contributed by atoms with Crippen LogP contribution in [0.1, 0.15) is 24.2 Å². The van der Waals surface area contributed by atoms with E-state index in [1.165, 1.54) is 11.5 Å². The number of hydrogen-bond donors (Lipinski definition) is 1. The summed E-state index contributed by atoms with van der Waals surface area (Å²) in [7, 11) is 0.